The molecule has 0 unspecified atom stereocenters. The summed E-state index contributed by atoms with van der Waals surface area (Å²) in [6.45, 7) is 7.37. The molecule has 7 heavy (non-hydrogen) atoms. The summed E-state index contributed by atoms with van der Waals surface area (Å²) < 4.78 is 0. The van der Waals surface area contributed by atoms with Gasteiger partial charge in [-0.15, -0.1) is 0 Å². The molecular formula is C6H10S. The number of rotatable bonds is 3. The maximum absolute atomic E-state index is 4.75. The highest BCUT2D eigenvalue weighted by Crippen LogP contribution is 2.06. The summed E-state index contributed by atoms with van der Waals surface area (Å²) in [5.74, 6) is 2.00. The molecule has 0 aromatic carbocycles. The van der Waals surface area contributed by atoms with Crippen molar-refractivity contribution in [3.8, 4) is 0 Å². The third-order valence-electron chi connectivity index (χ3n) is 0.911. The molecular weight excluding hydrogens is 104 g/mol. The van der Waals surface area contributed by atoms with Crippen LogP contribution in [0.15, 0.2) is 0 Å². The highest BCUT2D eigenvalue weighted by molar-refractivity contribution is 7.58. The molecule has 0 aromatic rings. The normalized spacial score (nSPS) is 8.86. The smallest absolute Gasteiger partial charge is 0.212 e. The van der Waals surface area contributed by atoms with Gasteiger partial charge in [0.1, 0.15) is 6.92 Å². The SMILES string of the molecule is [CH2+]C[C+](C[CH2-])C[S-]. The summed E-state index contributed by atoms with van der Waals surface area (Å²) in [4.78, 5) is 0. The molecule has 0 spiro atoms. The Hall–Kier alpha value is 0.0900. The Morgan fingerprint density at radius 3 is 2.29 bits per heavy atom. The monoisotopic (exact) mass is 114 g/mol. The van der Waals surface area contributed by atoms with Gasteiger partial charge in [0, 0.05) is 0 Å². The zero-order valence-electron chi connectivity index (χ0n) is 4.44. The van der Waals surface area contributed by atoms with Crippen molar-refractivity contribution in [1.82, 2.24) is 0 Å². The molecule has 0 saturated heterocycles. The first-order chi connectivity index (χ1) is 3.35. The van der Waals surface area contributed by atoms with Crippen molar-refractivity contribution >= 4 is 12.6 Å². The van der Waals surface area contributed by atoms with Gasteiger partial charge in [-0.1, -0.05) is 0 Å². The van der Waals surface area contributed by atoms with Crippen molar-refractivity contribution < 1.29 is 0 Å². The molecule has 0 amide bonds. The quantitative estimate of drug-likeness (QED) is 0.396. The van der Waals surface area contributed by atoms with Crippen molar-refractivity contribution in [2.24, 2.45) is 0 Å². The lowest BCUT2D eigenvalue weighted by molar-refractivity contribution is 0.918. The van der Waals surface area contributed by atoms with Gasteiger partial charge in [0.2, 0.25) is 6.42 Å². The third-order valence-corrected chi connectivity index (χ3v) is 1.32. The van der Waals surface area contributed by atoms with Crippen LogP contribution in [-0.4, -0.2) is 5.75 Å². The van der Waals surface area contributed by atoms with Crippen LogP contribution in [0, 0.1) is 19.8 Å². The molecule has 0 aliphatic rings. The van der Waals surface area contributed by atoms with Crippen molar-refractivity contribution in [3.05, 3.63) is 19.8 Å². The maximum Gasteiger partial charge on any atom is 0.212 e. The first-order valence-corrected chi connectivity index (χ1v) is 2.93. The highest BCUT2D eigenvalue weighted by Gasteiger charge is 2.04. The fourth-order valence-corrected chi connectivity index (χ4v) is 0.558. The fourth-order valence-electron chi connectivity index (χ4n) is 0.269. The summed E-state index contributed by atoms with van der Waals surface area (Å²) in [5, 5.41) is 0. The summed E-state index contributed by atoms with van der Waals surface area (Å²) in [5.41, 5.74) is 0. The van der Waals surface area contributed by atoms with Crippen LogP contribution in [0.25, 0.3) is 0 Å². The van der Waals surface area contributed by atoms with E-state index in [2.05, 4.69) is 13.8 Å². The molecule has 0 N–H and O–H groups in total. The second-order valence-electron chi connectivity index (χ2n) is 1.39. The average molecular weight is 114 g/mol. The molecule has 0 heterocycles. The van der Waals surface area contributed by atoms with E-state index in [9.17, 15) is 0 Å². The Morgan fingerprint density at radius 1 is 1.71 bits per heavy atom. The van der Waals surface area contributed by atoms with Crippen LogP contribution in [0.3, 0.4) is 0 Å². The highest BCUT2D eigenvalue weighted by atomic mass is 32.1. The summed E-state index contributed by atoms with van der Waals surface area (Å²) in [7, 11) is 0. The second-order valence-corrected chi connectivity index (χ2v) is 1.68. The first kappa shape index (κ1) is 7.09. The molecule has 1 heteroatoms. The van der Waals surface area contributed by atoms with Crippen LogP contribution in [0.2, 0.25) is 0 Å². The zero-order chi connectivity index (χ0) is 5.70. The fraction of sp³-hybridized carbons (Fsp3) is 0.500. The van der Waals surface area contributed by atoms with Crippen LogP contribution >= 0.6 is 0 Å². The van der Waals surface area contributed by atoms with Crippen LogP contribution in [-0.2, 0) is 12.6 Å². The first-order valence-electron chi connectivity index (χ1n) is 2.35. The van der Waals surface area contributed by atoms with Crippen molar-refractivity contribution in [2.75, 3.05) is 5.75 Å². The van der Waals surface area contributed by atoms with Crippen molar-refractivity contribution in [1.29, 1.82) is 0 Å². The Labute approximate surface area is 51.7 Å². The van der Waals surface area contributed by atoms with Crippen LogP contribution < -0.4 is 0 Å². The van der Waals surface area contributed by atoms with Gasteiger partial charge in [0.15, 0.2) is 0 Å². The average Bonchev–Trinajstić information content (AvgIpc) is 1.72. The van der Waals surface area contributed by atoms with Gasteiger partial charge >= 0.3 is 0 Å². The second kappa shape index (κ2) is 4.25. The molecule has 0 nitrogen and oxygen atoms in total. The number of hydrogen-bond donors (Lipinski definition) is 0. The lowest BCUT2D eigenvalue weighted by Crippen LogP contribution is -1.96. The minimum atomic E-state index is 0.729. The Balaban J connectivity index is 2.99. The summed E-state index contributed by atoms with van der Waals surface area (Å²) in [6.07, 6.45) is 1.71. The largest absolute Gasteiger partial charge is 0.743 e. The van der Waals surface area contributed by atoms with Gasteiger partial charge in [-0.25, -0.2) is 0 Å². The minimum Gasteiger partial charge on any atom is -0.743 e. The van der Waals surface area contributed by atoms with E-state index in [0.29, 0.717) is 0 Å². The van der Waals surface area contributed by atoms with E-state index in [1.807, 2.05) is 0 Å². The van der Waals surface area contributed by atoms with E-state index in [4.69, 9.17) is 12.6 Å². The predicted octanol–water partition coefficient (Wildman–Crippen LogP) is 1.56. The van der Waals surface area contributed by atoms with Gasteiger partial charge in [-0.05, 0) is 12.2 Å². The summed E-state index contributed by atoms with van der Waals surface area (Å²) in [6, 6.07) is 0. The zero-order valence-corrected chi connectivity index (χ0v) is 5.26. The topological polar surface area (TPSA) is 0 Å². The van der Waals surface area contributed by atoms with Crippen molar-refractivity contribution in [2.45, 2.75) is 12.8 Å². The van der Waals surface area contributed by atoms with Gasteiger partial charge in [0.25, 0.3) is 0 Å². The van der Waals surface area contributed by atoms with E-state index in [1.165, 1.54) is 5.92 Å². The Kier molecular flexibility index (Phi) is 4.31. The van der Waals surface area contributed by atoms with Gasteiger partial charge < -0.3 is 12.6 Å². The standard InChI is InChI=1S/C6H10S/c1-3-6(4-2)5-7/h1-5H2. The van der Waals surface area contributed by atoms with E-state index >= 15 is 0 Å². The van der Waals surface area contributed by atoms with Gasteiger partial charge in [0.05, 0.1) is 5.92 Å². The minimum absolute atomic E-state index is 0.729. The molecule has 40 valence electrons. The predicted molar refractivity (Wildman–Crippen MR) is 35.4 cm³/mol. The van der Waals surface area contributed by atoms with Crippen LogP contribution in [0.4, 0.5) is 0 Å². The Bertz CT molecular complexity index is 25.7. The van der Waals surface area contributed by atoms with E-state index in [-0.39, 0.29) is 0 Å². The third kappa shape index (κ3) is 2.75. The lowest BCUT2D eigenvalue weighted by Gasteiger charge is -2.02. The van der Waals surface area contributed by atoms with E-state index in [0.717, 1.165) is 18.6 Å². The van der Waals surface area contributed by atoms with E-state index < -0.39 is 0 Å². The number of hydrogen-bond acceptors (Lipinski definition) is 1. The molecule has 0 aliphatic heterocycles. The molecule has 0 aromatic heterocycles. The Morgan fingerprint density at radius 2 is 2.29 bits per heavy atom. The van der Waals surface area contributed by atoms with Gasteiger partial charge in [-0.3, -0.25) is 6.92 Å². The van der Waals surface area contributed by atoms with Crippen LogP contribution in [0.1, 0.15) is 12.8 Å². The molecule has 0 saturated carbocycles. The lowest BCUT2D eigenvalue weighted by atomic mass is 10.1. The molecule has 0 rings (SSSR count). The van der Waals surface area contributed by atoms with Crippen LogP contribution in [0.5, 0.6) is 0 Å². The summed E-state index contributed by atoms with van der Waals surface area (Å²) >= 11 is 4.75. The van der Waals surface area contributed by atoms with E-state index in [1.54, 1.807) is 0 Å². The molecule has 0 aliphatic carbocycles. The molecule has 0 fully saturated rings. The van der Waals surface area contributed by atoms with Crippen molar-refractivity contribution in [3.63, 3.8) is 0 Å². The van der Waals surface area contributed by atoms with Gasteiger partial charge in [-0.2, -0.15) is 0 Å². The molecule has 0 atom stereocenters. The molecule has 0 bridgehead atoms. The molecule has 0 radical (unpaired) electrons. The maximum atomic E-state index is 4.75.